The van der Waals surface area contributed by atoms with Gasteiger partial charge in [0.25, 0.3) is 0 Å². The van der Waals surface area contributed by atoms with Crippen molar-refractivity contribution in [3.8, 4) is 0 Å². The summed E-state index contributed by atoms with van der Waals surface area (Å²) in [5, 5.41) is 3.89. The van der Waals surface area contributed by atoms with Crippen molar-refractivity contribution in [2.45, 2.75) is 70.4 Å². The van der Waals surface area contributed by atoms with Gasteiger partial charge in [0.05, 0.1) is 0 Å². The second-order valence-corrected chi connectivity index (χ2v) is 8.20. The van der Waals surface area contributed by atoms with Gasteiger partial charge in [-0.15, -0.1) is 0 Å². The van der Waals surface area contributed by atoms with Crippen molar-refractivity contribution >= 4 is 23.4 Å². The minimum Gasteiger partial charge on any atom is -0.352 e. The van der Waals surface area contributed by atoms with E-state index in [4.69, 9.17) is 11.6 Å². The van der Waals surface area contributed by atoms with Crippen LogP contribution in [-0.4, -0.2) is 35.3 Å². The summed E-state index contributed by atoms with van der Waals surface area (Å²) in [5.41, 5.74) is 1.10. The van der Waals surface area contributed by atoms with Crippen molar-refractivity contribution < 1.29 is 9.59 Å². The van der Waals surface area contributed by atoms with Crippen molar-refractivity contribution in [1.82, 2.24) is 10.2 Å². The molecule has 1 aromatic rings. The highest BCUT2D eigenvalue weighted by atomic mass is 35.5. The third-order valence-corrected chi connectivity index (χ3v) is 5.92. The van der Waals surface area contributed by atoms with Gasteiger partial charge in [-0.2, -0.15) is 0 Å². The third-order valence-electron chi connectivity index (χ3n) is 5.67. The number of likely N-dealkylation sites (tertiary alicyclic amines) is 1. The average Bonchev–Trinajstić information content (AvgIpc) is 3.13. The first-order valence-corrected chi connectivity index (χ1v) is 10.3. The highest BCUT2D eigenvalue weighted by Crippen LogP contribution is 2.24. The number of nitrogens with one attached hydrogen (secondary N) is 1. The molecule has 26 heavy (non-hydrogen) atoms. The maximum Gasteiger partial charge on any atom is 0.243 e. The van der Waals surface area contributed by atoms with E-state index in [9.17, 15) is 9.59 Å². The highest BCUT2D eigenvalue weighted by Gasteiger charge is 2.36. The van der Waals surface area contributed by atoms with Crippen LogP contribution in [0.5, 0.6) is 0 Å². The lowest BCUT2D eigenvalue weighted by atomic mass is 9.95. The van der Waals surface area contributed by atoms with Gasteiger partial charge in [-0.3, -0.25) is 9.59 Å². The van der Waals surface area contributed by atoms with E-state index in [1.807, 2.05) is 31.2 Å². The molecule has 0 aromatic heterocycles. The summed E-state index contributed by atoms with van der Waals surface area (Å²) in [6, 6.07) is 7.62. The summed E-state index contributed by atoms with van der Waals surface area (Å²) in [7, 11) is 0. The van der Waals surface area contributed by atoms with Crippen LogP contribution in [-0.2, 0) is 16.0 Å². The molecule has 1 saturated carbocycles. The molecule has 2 amide bonds. The number of amides is 2. The minimum atomic E-state index is -0.294. The Labute approximate surface area is 161 Å². The van der Waals surface area contributed by atoms with Crippen LogP contribution in [0.15, 0.2) is 24.3 Å². The largest absolute Gasteiger partial charge is 0.352 e. The van der Waals surface area contributed by atoms with E-state index in [1.165, 1.54) is 19.3 Å². The minimum absolute atomic E-state index is 0.0430. The van der Waals surface area contributed by atoms with Gasteiger partial charge in [0.15, 0.2) is 0 Å². The fraction of sp³-hybridized carbons (Fsp3) is 0.619. The van der Waals surface area contributed by atoms with Gasteiger partial charge >= 0.3 is 0 Å². The standard InChI is InChI=1S/C21H29ClN2O2/c1-15(14-16-9-11-17(22)12-10-16)21(26)24-13-5-8-19(24)20(25)23-18-6-3-2-4-7-18/h9-12,15,18-19H,2-8,13-14H2,1H3,(H,23,25)/t15?,19-/m0/s1. The van der Waals surface area contributed by atoms with Gasteiger partial charge in [0.2, 0.25) is 11.8 Å². The second kappa shape index (κ2) is 8.90. The molecule has 2 fully saturated rings. The molecule has 5 heteroatoms. The molecule has 1 unspecified atom stereocenters. The lowest BCUT2D eigenvalue weighted by Gasteiger charge is -2.29. The van der Waals surface area contributed by atoms with E-state index in [2.05, 4.69) is 5.32 Å². The summed E-state index contributed by atoms with van der Waals surface area (Å²) < 4.78 is 0. The molecule has 1 heterocycles. The molecule has 1 aliphatic heterocycles. The van der Waals surface area contributed by atoms with Crippen LogP contribution in [0.2, 0.25) is 5.02 Å². The summed E-state index contributed by atoms with van der Waals surface area (Å²) in [6.07, 6.45) is 8.14. The fourth-order valence-corrected chi connectivity index (χ4v) is 4.32. The molecule has 3 rings (SSSR count). The first-order chi connectivity index (χ1) is 12.5. The smallest absolute Gasteiger partial charge is 0.243 e. The van der Waals surface area contributed by atoms with Gasteiger partial charge in [0, 0.05) is 23.5 Å². The van der Waals surface area contributed by atoms with E-state index in [0.717, 1.165) is 31.2 Å². The van der Waals surface area contributed by atoms with Crippen LogP contribution in [0.3, 0.4) is 0 Å². The van der Waals surface area contributed by atoms with Crippen LogP contribution in [0.4, 0.5) is 0 Å². The Bertz CT molecular complexity index is 625. The summed E-state index contributed by atoms with van der Waals surface area (Å²) >= 11 is 5.93. The molecule has 1 aromatic carbocycles. The Morgan fingerprint density at radius 3 is 2.50 bits per heavy atom. The van der Waals surface area contributed by atoms with Crippen molar-refractivity contribution in [3.05, 3.63) is 34.9 Å². The Balaban J connectivity index is 1.58. The number of nitrogens with zero attached hydrogens (tertiary/aromatic N) is 1. The number of carbonyl (C=O) groups excluding carboxylic acids is 2. The molecule has 0 radical (unpaired) electrons. The van der Waals surface area contributed by atoms with E-state index < -0.39 is 0 Å². The van der Waals surface area contributed by atoms with Gasteiger partial charge < -0.3 is 10.2 Å². The molecule has 0 spiro atoms. The monoisotopic (exact) mass is 376 g/mol. The van der Waals surface area contributed by atoms with Gasteiger partial charge in [0.1, 0.15) is 6.04 Å². The zero-order valence-corrected chi connectivity index (χ0v) is 16.3. The molecule has 4 nitrogen and oxygen atoms in total. The van der Waals surface area contributed by atoms with Gasteiger partial charge in [-0.1, -0.05) is 49.9 Å². The first kappa shape index (κ1) is 19.2. The Hall–Kier alpha value is -1.55. The summed E-state index contributed by atoms with van der Waals surface area (Å²) in [4.78, 5) is 27.5. The first-order valence-electron chi connectivity index (χ1n) is 9.90. The zero-order valence-electron chi connectivity index (χ0n) is 15.5. The number of benzene rings is 1. The van der Waals surface area contributed by atoms with Crippen LogP contribution in [0, 0.1) is 5.92 Å². The normalized spacial score (nSPS) is 22.2. The molecule has 1 aliphatic carbocycles. The average molecular weight is 377 g/mol. The van der Waals surface area contributed by atoms with E-state index in [-0.39, 0.29) is 23.8 Å². The predicted molar refractivity (Wildman–Crippen MR) is 104 cm³/mol. The number of halogens is 1. The summed E-state index contributed by atoms with van der Waals surface area (Å²) in [6.45, 7) is 2.64. The Morgan fingerprint density at radius 1 is 1.12 bits per heavy atom. The van der Waals surface area contributed by atoms with Crippen LogP contribution in [0.1, 0.15) is 57.4 Å². The van der Waals surface area contributed by atoms with Crippen LogP contribution >= 0.6 is 11.6 Å². The van der Waals surface area contributed by atoms with Crippen LogP contribution < -0.4 is 5.32 Å². The lowest BCUT2D eigenvalue weighted by molar-refractivity contribution is -0.141. The SMILES string of the molecule is CC(Cc1ccc(Cl)cc1)C(=O)N1CCC[C@H]1C(=O)NC1CCCCC1. The van der Waals surface area contributed by atoms with Crippen molar-refractivity contribution in [2.75, 3.05) is 6.54 Å². The van der Waals surface area contributed by atoms with Crippen molar-refractivity contribution in [2.24, 2.45) is 5.92 Å². The zero-order chi connectivity index (χ0) is 18.5. The highest BCUT2D eigenvalue weighted by molar-refractivity contribution is 6.30. The van der Waals surface area contributed by atoms with Crippen molar-refractivity contribution in [3.63, 3.8) is 0 Å². The molecule has 2 aliphatic rings. The fourth-order valence-electron chi connectivity index (χ4n) is 4.19. The number of carbonyl (C=O) groups is 2. The molecule has 1 N–H and O–H groups in total. The second-order valence-electron chi connectivity index (χ2n) is 7.76. The lowest BCUT2D eigenvalue weighted by Crippen LogP contribution is -2.50. The number of hydrogen-bond acceptors (Lipinski definition) is 2. The molecular weight excluding hydrogens is 348 g/mol. The predicted octanol–water partition coefficient (Wildman–Crippen LogP) is 3.96. The van der Waals surface area contributed by atoms with Gasteiger partial charge in [-0.25, -0.2) is 0 Å². The topological polar surface area (TPSA) is 49.4 Å². The maximum atomic E-state index is 12.9. The Kier molecular flexibility index (Phi) is 6.58. The van der Waals surface area contributed by atoms with Gasteiger partial charge in [-0.05, 0) is 49.8 Å². The maximum absolute atomic E-state index is 12.9. The number of rotatable bonds is 5. The van der Waals surface area contributed by atoms with E-state index in [0.29, 0.717) is 24.0 Å². The Morgan fingerprint density at radius 2 is 1.81 bits per heavy atom. The molecule has 1 saturated heterocycles. The summed E-state index contributed by atoms with van der Waals surface area (Å²) in [5.74, 6) is -0.0121. The van der Waals surface area contributed by atoms with E-state index in [1.54, 1.807) is 4.90 Å². The molecule has 142 valence electrons. The molecule has 0 bridgehead atoms. The number of hydrogen-bond donors (Lipinski definition) is 1. The molecule has 2 atom stereocenters. The third kappa shape index (κ3) is 4.79. The quantitative estimate of drug-likeness (QED) is 0.845. The van der Waals surface area contributed by atoms with Crippen molar-refractivity contribution in [1.29, 1.82) is 0 Å². The molecular formula is C21H29ClN2O2. The van der Waals surface area contributed by atoms with E-state index >= 15 is 0 Å². The van der Waals surface area contributed by atoms with Crippen LogP contribution in [0.25, 0.3) is 0 Å².